The second-order valence-corrected chi connectivity index (χ2v) is 2.75. The van der Waals surface area contributed by atoms with Gasteiger partial charge in [-0.3, -0.25) is 4.79 Å². The first-order valence-corrected chi connectivity index (χ1v) is 4.57. The number of nitrogens with one attached hydrogen (secondary N) is 1. The van der Waals surface area contributed by atoms with Crippen LogP contribution in [0.5, 0.6) is 0 Å². The first-order valence-electron chi connectivity index (χ1n) is 4.57. The van der Waals surface area contributed by atoms with Crippen molar-refractivity contribution >= 4 is 5.91 Å². The van der Waals surface area contributed by atoms with Gasteiger partial charge in [-0.2, -0.15) is 0 Å². The summed E-state index contributed by atoms with van der Waals surface area (Å²) >= 11 is 0. The van der Waals surface area contributed by atoms with Gasteiger partial charge in [0.05, 0.1) is 5.70 Å². The van der Waals surface area contributed by atoms with Crippen molar-refractivity contribution in [3.8, 4) is 0 Å². The number of carbonyl (C=O) groups is 1. The number of hydrogen-bond donors (Lipinski definition) is 1. The van der Waals surface area contributed by atoms with Gasteiger partial charge in [-0.25, -0.2) is 0 Å². The van der Waals surface area contributed by atoms with E-state index in [9.17, 15) is 4.79 Å². The summed E-state index contributed by atoms with van der Waals surface area (Å²) in [5.74, 6) is -0.107. The fourth-order valence-corrected chi connectivity index (χ4v) is 0.890. The van der Waals surface area contributed by atoms with Gasteiger partial charge in [0.15, 0.2) is 0 Å². The van der Waals surface area contributed by atoms with Gasteiger partial charge < -0.3 is 5.32 Å². The Morgan fingerprint density at radius 3 is 2.77 bits per heavy atom. The highest BCUT2D eigenvalue weighted by atomic mass is 16.1. The third-order valence-electron chi connectivity index (χ3n) is 1.59. The van der Waals surface area contributed by atoms with E-state index >= 15 is 0 Å². The normalized spacial score (nSPS) is 9.69. The lowest BCUT2D eigenvalue weighted by molar-refractivity contribution is -0.115. The maximum Gasteiger partial charge on any atom is 0.248 e. The molecule has 0 saturated heterocycles. The highest BCUT2D eigenvalue weighted by Crippen LogP contribution is 2.01. The molecule has 0 spiro atoms. The Balaban J connectivity index is 4.00. The van der Waals surface area contributed by atoms with E-state index in [4.69, 9.17) is 0 Å². The predicted octanol–water partition coefficient (Wildman–Crippen LogP) is 2.54. The van der Waals surface area contributed by atoms with E-state index in [-0.39, 0.29) is 5.91 Å². The zero-order chi connectivity index (χ0) is 10.1. The van der Waals surface area contributed by atoms with Crippen LogP contribution in [0.1, 0.15) is 33.1 Å². The van der Waals surface area contributed by atoms with Crippen LogP contribution in [0.3, 0.4) is 0 Å². The van der Waals surface area contributed by atoms with Crippen LogP contribution in [-0.2, 0) is 4.79 Å². The van der Waals surface area contributed by atoms with E-state index in [0.717, 1.165) is 25.0 Å². The number of allylic oxidation sites excluding steroid dienone is 2. The topological polar surface area (TPSA) is 29.1 Å². The average Bonchev–Trinajstić information content (AvgIpc) is 2.12. The van der Waals surface area contributed by atoms with Crippen LogP contribution >= 0.6 is 0 Å². The third-order valence-corrected chi connectivity index (χ3v) is 1.59. The van der Waals surface area contributed by atoms with Gasteiger partial charge in [0.2, 0.25) is 5.91 Å². The van der Waals surface area contributed by atoms with Crippen molar-refractivity contribution in [2.24, 2.45) is 0 Å². The molecule has 2 heteroatoms. The molecule has 0 aromatic heterocycles. The van der Waals surface area contributed by atoms with Gasteiger partial charge in [-0.05, 0) is 25.8 Å². The number of amides is 1. The van der Waals surface area contributed by atoms with Crippen LogP contribution < -0.4 is 5.32 Å². The van der Waals surface area contributed by atoms with E-state index in [0.29, 0.717) is 0 Å². The van der Waals surface area contributed by atoms with Crippen LogP contribution in [0.4, 0.5) is 0 Å². The van der Waals surface area contributed by atoms with Crippen LogP contribution in [0.25, 0.3) is 0 Å². The summed E-state index contributed by atoms with van der Waals surface area (Å²) in [4.78, 5) is 11.1. The number of hydrogen-bond acceptors (Lipinski definition) is 1. The van der Waals surface area contributed by atoms with Crippen LogP contribution in [0.15, 0.2) is 30.2 Å². The second-order valence-electron chi connectivity index (χ2n) is 2.75. The first-order chi connectivity index (χ1) is 6.24. The Kier molecular flexibility index (Phi) is 6.66. The summed E-state index contributed by atoms with van der Waals surface area (Å²) in [5.41, 5.74) is 3.51. The molecule has 0 bridgehead atoms. The van der Waals surface area contributed by atoms with Crippen molar-refractivity contribution in [3.05, 3.63) is 30.2 Å². The van der Waals surface area contributed by atoms with Gasteiger partial charge in [0.25, 0.3) is 0 Å². The van der Waals surface area contributed by atoms with Crippen molar-refractivity contribution in [1.82, 2.24) is 5.32 Å². The van der Waals surface area contributed by atoms with Crippen molar-refractivity contribution in [3.63, 3.8) is 0 Å². The molecule has 0 atom stereocenters. The summed E-state index contributed by atoms with van der Waals surface area (Å²) in [6.07, 6.45) is 6.18. The zero-order valence-electron chi connectivity index (χ0n) is 8.39. The summed E-state index contributed by atoms with van der Waals surface area (Å²) in [6, 6.07) is 0. The van der Waals surface area contributed by atoms with E-state index in [1.165, 1.54) is 6.08 Å². The maximum absolute atomic E-state index is 11.1. The first kappa shape index (κ1) is 11.7. The molecule has 13 heavy (non-hydrogen) atoms. The average molecular weight is 179 g/mol. The minimum Gasteiger partial charge on any atom is -0.319 e. The van der Waals surface area contributed by atoms with Crippen molar-refractivity contribution in [1.29, 1.82) is 0 Å². The van der Waals surface area contributed by atoms with Gasteiger partial charge in [-0.1, -0.05) is 26.0 Å². The Bertz CT molecular complexity index is 234. The van der Waals surface area contributed by atoms with Crippen LogP contribution in [-0.4, -0.2) is 5.91 Å². The summed E-state index contributed by atoms with van der Waals surface area (Å²) in [7, 11) is 0. The number of rotatable bonds is 5. The molecular formula is C11H17NO. The fraction of sp³-hybridized carbons (Fsp3) is 0.455. The lowest BCUT2D eigenvalue weighted by Crippen LogP contribution is -2.19. The summed E-state index contributed by atoms with van der Waals surface area (Å²) in [5, 5.41) is 2.72. The molecule has 0 aliphatic carbocycles. The summed E-state index contributed by atoms with van der Waals surface area (Å²) in [6.45, 7) is 7.44. The van der Waals surface area contributed by atoms with Gasteiger partial charge >= 0.3 is 0 Å². The molecule has 72 valence electrons. The minimum atomic E-state index is -0.107. The lowest BCUT2D eigenvalue weighted by Gasteiger charge is -2.03. The number of carbonyl (C=O) groups excluding carboxylic acids is 1. The lowest BCUT2D eigenvalue weighted by atomic mass is 10.2. The standard InChI is InChI=1S/C11H17NO/c1-4-7-9-10(6-3)12-11(13)8-5-2/h5,8H,3-4,7,9H2,1-2H3,(H,12,13)/b8-5+. The van der Waals surface area contributed by atoms with Crippen molar-refractivity contribution in [2.75, 3.05) is 0 Å². The number of unbranched alkanes of at least 4 members (excludes halogenated alkanes) is 1. The van der Waals surface area contributed by atoms with Gasteiger partial charge in [-0.15, -0.1) is 5.73 Å². The Labute approximate surface area is 80.0 Å². The summed E-state index contributed by atoms with van der Waals surface area (Å²) < 4.78 is 0. The quantitative estimate of drug-likeness (QED) is 0.510. The Morgan fingerprint density at radius 2 is 2.31 bits per heavy atom. The molecule has 0 fully saturated rings. The van der Waals surface area contributed by atoms with Crippen molar-refractivity contribution < 1.29 is 4.79 Å². The fourth-order valence-electron chi connectivity index (χ4n) is 0.890. The van der Waals surface area contributed by atoms with Crippen LogP contribution in [0, 0.1) is 0 Å². The Morgan fingerprint density at radius 1 is 1.62 bits per heavy atom. The molecule has 0 rings (SSSR count). The molecule has 1 N–H and O–H groups in total. The molecule has 0 aliphatic heterocycles. The second kappa shape index (κ2) is 7.38. The zero-order valence-corrected chi connectivity index (χ0v) is 8.39. The highest BCUT2D eigenvalue weighted by Gasteiger charge is 1.98. The van der Waals surface area contributed by atoms with Gasteiger partial charge in [0.1, 0.15) is 0 Å². The van der Waals surface area contributed by atoms with E-state index in [1.807, 2.05) is 6.92 Å². The molecule has 0 radical (unpaired) electrons. The monoisotopic (exact) mass is 179 g/mol. The van der Waals surface area contributed by atoms with E-state index in [1.54, 1.807) is 6.08 Å². The minimum absolute atomic E-state index is 0.107. The van der Waals surface area contributed by atoms with Crippen LogP contribution in [0.2, 0.25) is 0 Å². The van der Waals surface area contributed by atoms with E-state index < -0.39 is 0 Å². The molecule has 0 heterocycles. The SMILES string of the molecule is C=C=C(CCCC)NC(=O)/C=C/C. The molecule has 2 nitrogen and oxygen atoms in total. The largest absolute Gasteiger partial charge is 0.319 e. The Hall–Kier alpha value is -1.27. The third kappa shape index (κ3) is 5.94. The van der Waals surface area contributed by atoms with Gasteiger partial charge in [0, 0.05) is 0 Å². The molecule has 0 aliphatic rings. The molecular weight excluding hydrogens is 162 g/mol. The van der Waals surface area contributed by atoms with E-state index in [2.05, 4.69) is 24.6 Å². The molecule has 0 aromatic carbocycles. The molecule has 1 amide bonds. The maximum atomic E-state index is 11.1. The molecule has 0 saturated carbocycles. The molecule has 0 aromatic rings. The smallest absolute Gasteiger partial charge is 0.248 e. The highest BCUT2D eigenvalue weighted by molar-refractivity contribution is 5.88. The van der Waals surface area contributed by atoms with Crippen molar-refractivity contribution in [2.45, 2.75) is 33.1 Å². The predicted molar refractivity (Wildman–Crippen MR) is 55.1 cm³/mol. The molecule has 0 unspecified atom stereocenters.